The predicted molar refractivity (Wildman–Crippen MR) is 72.2 cm³/mol. The van der Waals surface area contributed by atoms with Gasteiger partial charge in [-0.3, -0.25) is 0 Å². The molecule has 1 heterocycles. The Morgan fingerprint density at radius 3 is 2.76 bits per heavy atom. The first-order valence-electron chi connectivity index (χ1n) is 5.12. The monoisotopic (exact) mass is 265 g/mol. The van der Waals surface area contributed by atoms with E-state index >= 15 is 0 Å². The molecule has 0 aliphatic carbocycles. The number of rotatable bonds is 3. The smallest absolute Gasteiger partial charge is 0.140 e. The number of hydrogen-bond donors (Lipinski definition) is 1. The molecule has 0 aliphatic rings. The van der Waals surface area contributed by atoms with Crippen LogP contribution in [0.4, 0.5) is 5.69 Å². The van der Waals surface area contributed by atoms with Crippen molar-refractivity contribution in [3.63, 3.8) is 0 Å². The minimum Gasteiger partial charge on any atom is -0.398 e. The summed E-state index contributed by atoms with van der Waals surface area (Å²) < 4.78 is 0. The molecule has 2 rings (SSSR count). The summed E-state index contributed by atoms with van der Waals surface area (Å²) in [4.78, 5) is 9.53. The lowest BCUT2D eigenvalue weighted by molar-refractivity contribution is 0.996. The van der Waals surface area contributed by atoms with Gasteiger partial charge in [0.25, 0.3) is 0 Å². The van der Waals surface area contributed by atoms with Crippen molar-refractivity contribution in [2.45, 2.75) is 17.6 Å². The Bertz CT molecular complexity index is 511. The second-order valence-electron chi connectivity index (χ2n) is 3.57. The van der Waals surface area contributed by atoms with E-state index in [1.165, 1.54) is 0 Å². The number of nitrogen functional groups attached to an aromatic ring is 1. The number of aryl methyl sites for hydroxylation is 1. The summed E-state index contributed by atoms with van der Waals surface area (Å²) in [5, 5.41) is 0.481. The van der Waals surface area contributed by atoms with Crippen molar-refractivity contribution in [1.82, 2.24) is 9.97 Å². The molecular weight excluding hydrogens is 254 g/mol. The van der Waals surface area contributed by atoms with E-state index in [0.29, 0.717) is 10.9 Å². The van der Waals surface area contributed by atoms with Gasteiger partial charge in [-0.2, -0.15) is 0 Å². The van der Waals surface area contributed by atoms with Crippen LogP contribution in [0.2, 0.25) is 5.15 Å². The highest BCUT2D eigenvalue weighted by molar-refractivity contribution is 7.98. The number of anilines is 1. The molecular formula is C12H12ClN3S. The highest BCUT2D eigenvalue weighted by Gasteiger charge is 2.03. The molecule has 0 amide bonds. The van der Waals surface area contributed by atoms with Crippen LogP contribution in [0.3, 0.4) is 0 Å². The average molecular weight is 266 g/mol. The van der Waals surface area contributed by atoms with Crippen LogP contribution in [0.15, 0.2) is 35.2 Å². The number of benzene rings is 1. The van der Waals surface area contributed by atoms with Crippen molar-refractivity contribution in [2.75, 3.05) is 5.73 Å². The van der Waals surface area contributed by atoms with E-state index in [2.05, 4.69) is 9.97 Å². The van der Waals surface area contributed by atoms with Gasteiger partial charge in [-0.15, -0.1) is 11.8 Å². The SMILES string of the molecule is Cc1cc(Cl)nc(CSc2ccccc2N)n1. The number of hydrogen-bond acceptors (Lipinski definition) is 4. The van der Waals surface area contributed by atoms with Gasteiger partial charge in [0.2, 0.25) is 0 Å². The molecule has 5 heteroatoms. The molecule has 88 valence electrons. The van der Waals surface area contributed by atoms with Crippen molar-refractivity contribution >= 4 is 29.1 Å². The Morgan fingerprint density at radius 2 is 2.06 bits per heavy atom. The fourth-order valence-electron chi connectivity index (χ4n) is 1.41. The Kier molecular flexibility index (Phi) is 3.86. The summed E-state index contributed by atoms with van der Waals surface area (Å²) in [7, 11) is 0. The van der Waals surface area contributed by atoms with Crippen LogP contribution in [-0.2, 0) is 5.75 Å². The molecule has 3 nitrogen and oxygen atoms in total. The maximum Gasteiger partial charge on any atom is 0.140 e. The zero-order chi connectivity index (χ0) is 12.3. The summed E-state index contributed by atoms with van der Waals surface area (Å²) in [5.74, 6) is 1.39. The summed E-state index contributed by atoms with van der Waals surface area (Å²) >= 11 is 7.49. The van der Waals surface area contributed by atoms with Gasteiger partial charge in [0.15, 0.2) is 0 Å². The lowest BCUT2D eigenvalue weighted by Crippen LogP contribution is -1.96. The molecule has 0 aliphatic heterocycles. The van der Waals surface area contributed by atoms with E-state index in [4.69, 9.17) is 17.3 Å². The second-order valence-corrected chi connectivity index (χ2v) is 4.98. The van der Waals surface area contributed by atoms with E-state index in [9.17, 15) is 0 Å². The van der Waals surface area contributed by atoms with Crippen LogP contribution >= 0.6 is 23.4 Å². The van der Waals surface area contributed by atoms with E-state index in [0.717, 1.165) is 22.1 Å². The normalized spacial score (nSPS) is 10.5. The standard InChI is InChI=1S/C12H12ClN3S/c1-8-6-11(13)16-12(15-8)7-17-10-5-3-2-4-9(10)14/h2-6H,7,14H2,1H3. The lowest BCUT2D eigenvalue weighted by Gasteiger charge is -2.05. The van der Waals surface area contributed by atoms with E-state index < -0.39 is 0 Å². The molecule has 2 aromatic rings. The first-order chi connectivity index (χ1) is 8.15. The van der Waals surface area contributed by atoms with Gasteiger partial charge < -0.3 is 5.73 Å². The molecule has 17 heavy (non-hydrogen) atoms. The van der Waals surface area contributed by atoms with Crippen LogP contribution in [-0.4, -0.2) is 9.97 Å². The molecule has 2 N–H and O–H groups in total. The summed E-state index contributed by atoms with van der Waals surface area (Å²) in [6.45, 7) is 1.90. The largest absolute Gasteiger partial charge is 0.398 e. The molecule has 0 fully saturated rings. The van der Waals surface area contributed by atoms with Crippen LogP contribution in [0.25, 0.3) is 0 Å². The summed E-state index contributed by atoms with van der Waals surface area (Å²) in [6, 6.07) is 9.48. The Balaban J connectivity index is 2.10. The molecule has 0 radical (unpaired) electrons. The molecule has 0 unspecified atom stereocenters. The van der Waals surface area contributed by atoms with Crippen molar-refractivity contribution in [3.05, 3.63) is 47.0 Å². The highest BCUT2D eigenvalue weighted by atomic mass is 35.5. The zero-order valence-electron chi connectivity index (χ0n) is 9.35. The van der Waals surface area contributed by atoms with E-state index in [1.54, 1.807) is 17.8 Å². The molecule has 0 saturated heterocycles. The molecule has 0 atom stereocenters. The molecule has 0 spiro atoms. The zero-order valence-corrected chi connectivity index (χ0v) is 10.9. The Hall–Kier alpha value is -1.26. The third kappa shape index (κ3) is 3.35. The quantitative estimate of drug-likeness (QED) is 0.526. The number of para-hydroxylation sites is 1. The highest BCUT2D eigenvalue weighted by Crippen LogP contribution is 2.26. The fourth-order valence-corrected chi connectivity index (χ4v) is 2.49. The van der Waals surface area contributed by atoms with Crippen molar-refractivity contribution in [2.24, 2.45) is 0 Å². The number of aromatic nitrogens is 2. The third-order valence-electron chi connectivity index (χ3n) is 2.15. The first kappa shape index (κ1) is 12.2. The van der Waals surface area contributed by atoms with Gasteiger partial charge in [-0.25, -0.2) is 9.97 Å². The van der Waals surface area contributed by atoms with Gasteiger partial charge in [0.05, 0.1) is 5.75 Å². The number of nitrogens with two attached hydrogens (primary N) is 1. The molecule has 0 saturated carbocycles. The van der Waals surface area contributed by atoms with Gasteiger partial charge in [0.1, 0.15) is 11.0 Å². The van der Waals surface area contributed by atoms with Crippen LogP contribution in [0, 0.1) is 6.92 Å². The lowest BCUT2D eigenvalue weighted by atomic mass is 10.3. The second kappa shape index (κ2) is 5.38. The van der Waals surface area contributed by atoms with Crippen molar-refractivity contribution in [3.8, 4) is 0 Å². The topological polar surface area (TPSA) is 51.8 Å². The molecule has 1 aromatic carbocycles. The third-order valence-corrected chi connectivity index (χ3v) is 3.42. The predicted octanol–water partition coefficient (Wildman–Crippen LogP) is 3.31. The minimum absolute atomic E-state index is 0.481. The van der Waals surface area contributed by atoms with Gasteiger partial charge >= 0.3 is 0 Å². The van der Waals surface area contributed by atoms with Gasteiger partial charge in [-0.1, -0.05) is 23.7 Å². The maximum absolute atomic E-state index is 5.88. The average Bonchev–Trinajstić information content (AvgIpc) is 2.27. The van der Waals surface area contributed by atoms with Crippen LogP contribution < -0.4 is 5.73 Å². The first-order valence-corrected chi connectivity index (χ1v) is 6.49. The minimum atomic E-state index is 0.481. The fraction of sp³-hybridized carbons (Fsp3) is 0.167. The number of nitrogens with zero attached hydrogens (tertiary/aromatic N) is 2. The summed E-state index contributed by atoms with van der Waals surface area (Å²) in [6.07, 6.45) is 0. The Morgan fingerprint density at radius 1 is 1.29 bits per heavy atom. The number of halogens is 1. The van der Waals surface area contributed by atoms with Crippen LogP contribution in [0.5, 0.6) is 0 Å². The molecule has 0 bridgehead atoms. The number of thioether (sulfide) groups is 1. The summed E-state index contributed by atoms with van der Waals surface area (Å²) in [5.41, 5.74) is 7.51. The van der Waals surface area contributed by atoms with E-state index in [1.807, 2.05) is 31.2 Å². The van der Waals surface area contributed by atoms with Crippen molar-refractivity contribution < 1.29 is 0 Å². The van der Waals surface area contributed by atoms with Crippen LogP contribution in [0.1, 0.15) is 11.5 Å². The van der Waals surface area contributed by atoms with Gasteiger partial charge in [0, 0.05) is 16.3 Å². The van der Waals surface area contributed by atoms with Gasteiger partial charge in [-0.05, 0) is 25.1 Å². The van der Waals surface area contributed by atoms with Crippen molar-refractivity contribution in [1.29, 1.82) is 0 Å². The Labute approximate surface area is 109 Å². The maximum atomic E-state index is 5.88. The van der Waals surface area contributed by atoms with E-state index in [-0.39, 0.29) is 0 Å². The molecule has 1 aromatic heterocycles.